The molecule has 3 aromatic heterocycles. The number of thiophene rings is 1. The summed E-state index contributed by atoms with van der Waals surface area (Å²) in [5.41, 5.74) is 4.41. The summed E-state index contributed by atoms with van der Waals surface area (Å²) < 4.78 is 5.31. The Balaban J connectivity index is 2.31. The van der Waals surface area contributed by atoms with E-state index < -0.39 is 0 Å². The summed E-state index contributed by atoms with van der Waals surface area (Å²) in [6, 6.07) is 6.25. The second-order valence-electron chi connectivity index (χ2n) is 4.69. The van der Waals surface area contributed by atoms with Crippen molar-refractivity contribution in [2.75, 3.05) is 0 Å². The van der Waals surface area contributed by atoms with Gasteiger partial charge in [0.1, 0.15) is 0 Å². The second-order valence-corrected chi connectivity index (χ2v) is 5.98. The van der Waals surface area contributed by atoms with Crippen molar-refractivity contribution in [2.24, 2.45) is 0 Å². The molecule has 0 radical (unpaired) electrons. The lowest BCUT2D eigenvalue weighted by Crippen LogP contribution is -1.88. The zero-order valence-electron chi connectivity index (χ0n) is 11.2. The largest absolute Gasteiger partial charge is 0.336 e. The molecule has 0 atom stereocenters. The second kappa shape index (κ2) is 4.31. The maximum atomic E-state index is 5.31. The number of fused-ring (bicyclic) bond motifs is 1. The van der Waals surface area contributed by atoms with Crippen LogP contribution in [0.4, 0.5) is 0 Å². The fourth-order valence-electron chi connectivity index (χ4n) is 2.13. The molecule has 3 heterocycles. The van der Waals surface area contributed by atoms with Gasteiger partial charge < -0.3 is 4.52 Å². The predicted octanol–water partition coefficient (Wildman–Crippen LogP) is 4.60. The minimum Gasteiger partial charge on any atom is -0.336 e. The first-order valence-corrected chi connectivity index (χ1v) is 6.87. The SMILES string of the molecule is C=C(C)c1cc(-c2ccc(C)s2)nc2onc(C)c12. The molecule has 4 heteroatoms. The van der Waals surface area contributed by atoms with Gasteiger partial charge in [0.15, 0.2) is 0 Å². The number of allylic oxidation sites excluding steroid dienone is 1. The van der Waals surface area contributed by atoms with Crippen molar-refractivity contribution in [3.05, 3.63) is 40.9 Å². The maximum Gasteiger partial charge on any atom is 0.259 e. The van der Waals surface area contributed by atoms with Gasteiger partial charge in [-0.25, -0.2) is 4.98 Å². The lowest BCUT2D eigenvalue weighted by Gasteiger charge is -2.04. The standard InChI is InChI=1S/C15H14N2OS/c1-8(2)11-7-12(13-6-5-9(3)19-13)16-15-14(11)10(4)17-18-15/h5-7H,1H2,2-4H3. The van der Waals surface area contributed by atoms with Crippen molar-refractivity contribution < 1.29 is 4.52 Å². The lowest BCUT2D eigenvalue weighted by molar-refractivity contribution is 0.443. The van der Waals surface area contributed by atoms with Crippen molar-refractivity contribution in [3.63, 3.8) is 0 Å². The van der Waals surface area contributed by atoms with Gasteiger partial charge in [0.05, 0.1) is 21.7 Å². The Morgan fingerprint density at radius 1 is 1.32 bits per heavy atom. The highest BCUT2D eigenvalue weighted by molar-refractivity contribution is 7.15. The average molecular weight is 270 g/mol. The predicted molar refractivity (Wildman–Crippen MR) is 79.3 cm³/mol. The Labute approximate surface area is 115 Å². The van der Waals surface area contributed by atoms with E-state index in [4.69, 9.17) is 4.52 Å². The third kappa shape index (κ3) is 1.98. The molecule has 0 aromatic carbocycles. The molecule has 0 N–H and O–H groups in total. The van der Waals surface area contributed by atoms with E-state index in [0.717, 1.165) is 32.8 Å². The van der Waals surface area contributed by atoms with E-state index in [-0.39, 0.29) is 0 Å². The fourth-order valence-corrected chi connectivity index (χ4v) is 2.96. The van der Waals surface area contributed by atoms with Crippen molar-refractivity contribution in [2.45, 2.75) is 20.8 Å². The molecule has 0 spiro atoms. The van der Waals surface area contributed by atoms with Crippen LogP contribution in [0.5, 0.6) is 0 Å². The number of aryl methyl sites for hydroxylation is 2. The third-order valence-corrected chi connectivity index (χ3v) is 4.09. The first kappa shape index (κ1) is 12.1. The normalized spacial score (nSPS) is 11.1. The molecular formula is C15H14N2OS. The average Bonchev–Trinajstić information content (AvgIpc) is 2.95. The summed E-state index contributed by atoms with van der Waals surface area (Å²) in [5, 5.41) is 4.97. The highest BCUT2D eigenvalue weighted by atomic mass is 32.1. The summed E-state index contributed by atoms with van der Waals surface area (Å²) >= 11 is 1.72. The Morgan fingerprint density at radius 3 is 2.74 bits per heavy atom. The van der Waals surface area contributed by atoms with Crippen LogP contribution in [0.1, 0.15) is 23.1 Å². The van der Waals surface area contributed by atoms with Gasteiger partial charge in [-0.05, 0) is 44.5 Å². The van der Waals surface area contributed by atoms with Crippen LogP contribution in [0, 0.1) is 13.8 Å². The third-order valence-electron chi connectivity index (χ3n) is 3.07. The van der Waals surface area contributed by atoms with Crippen LogP contribution in [0.2, 0.25) is 0 Å². The van der Waals surface area contributed by atoms with Gasteiger partial charge >= 0.3 is 0 Å². The molecule has 0 bridgehead atoms. The number of nitrogens with zero attached hydrogens (tertiary/aromatic N) is 2. The van der Waals surface area contributed by atoms with Gasteiger partial charge in [0, 0.05) is 4.88 Å². The zero-order valence-corrected chi connectivity index (χ0v) is 12.0. The van der Waals surface area contributed by atoms with Crippen LogP contribution in [0.3, 0.4) is 0 Å². The van der Waals surface area contributed by atoms with E-state index in [9.17, 15) is 0 Å². The molecule has 0 amide bonds. The minimum absolute atomic E-state index is 0.582. The molecule has 3 aromatic rings. The number of rotatable bonds is 2. The van der Waals surface area contributed by atoms with Crippen LogP contribution in [0.15, 0.2) is 29.3 Å². The first-order valence-electron chi connectivity index (χ1n) is 6.06. The van der Waals surface area contributed by atoms with Crippen molar-refractivity contribution in [3.8, 4) is 10.6 Å². The topological polar surface area (TPSA) is 38.9 Å². The monoisotopic (exact) mass is 270 g/mol. The number of hydrogen-bond donors (Lipinski definition) is 0. The summed E-state index contributed by atoms with van der Waals surface area (Å²) in [6.07, 6.45) is 0. The van der Waals surface area contributed by atoms with Crippen LogP contribution >= 0.6 is 11.3 Å². The molecule has 0 saturated carbocycles. The Bertz CT molecular complexity index is 783. The van der Waals surface area contributed by atoms with E-state index >= 15 is 0 Å². The molecule has 0 aliphatic carbocycles. The van der Waals surface area contributed by atoms with Crippen molar-refractivity contribution in [1.82, 2.24) is 10.1 Å². The van der Waals surface area contributed by atoms with Crippen molar-refractivity contribution in [1.29, 1.82) is 0 Å². The molecule has 0 fully saturated rings. The highest BCUT2D eigenvalue weighted by Crippen LogP contribution is 2.33. The zero-order chi connectivity index (χ0) is 13.6. The molecule has 0 aliphatic heterocycles. The van der Waals surface area contributed by atoms with Gasteiger partial charge in [-0.15, -0.1) is 11.3 Å². The minimum atomic E-state index is 0.582. The number of aromatic nitrogens is 2. The van der Waals surface area contributed by atoms with Gasteiger partial charge in [-0.3, -0.25) is 0 Å². The summed E-state index contributed by atoms with van der Waals surface area (Å²) in [7, 11) is 0. The van der Waals surface area contributed by atoms with E-state index in [1.807, 2.05) is 13.8 Å². The van der Waals surface area contributed by atoms with Crippen LogP contribution in [-0.4, -0.2) is 10.1 Å². The van der Waals surface area contributed by atoms with Crippen LogP contribution < -0.4 is 0 Å². The fraction of sp³-hybridized carbons (Fsp3) is 0.200. The van der Waals surface area contributed by atoms with E-state index in [1.54, 1.807) is 11.3 Å². The Morgan fingerprint density at radius 2 is 2.11 bits per heavy atom. The maximum absolute atomic E-state index is 5.31. The van der Waals surface area contributed by atoms with Crippen molar-refractivity contribution >= 4 is 28.0 Å². The summed E-state index contributed by atoms with van der Waals surface area (Å²) in [6.45, 7) is 10.0. The first-order chi connectivity index (χ1) is 9.06. The van der Waals surface area contributed by atoms with E-state index in [0.29, 0.717) is 5.71 Å². The summed E-state index contributed by atoms with van der Waals surface area (Å²) in [5.74, 6) is 0. The molecule has 3 nitrogen and oxygen atoms in total. The van der Waals surface area contributed by atoms with Gasteiger partial charge in [0.2, 0.25) is 0 Å². The quantitative estimate of drug-likeness (QED) is 0.683. The number of pyridine rings is 1. The smallest absolute Gasteiger partial charge is 0.259 e. The molecule has 0 unspecified atom stereocenters. The Hall–Kier alpha value is -1.94. The van der Waals surface area contributed by atoms with Crippen LogP contribution in [-0.2, 0) is 0 Å². The van der Waals surface area contributed by atoms with Gasteiger partial charge in [-0.1, -0.05) is 17.3 Å². The van der Waals surface area contributed by atoms with E-state index in [2.05, 4.69) is 41.8 Å². The molecule has 19 heavy (non-hydrogen) atoms. The molecule has 0 aliphatic rings. The molecule has 96 valence electrons. The van der Waals surface area contributed by atoms with Gasteiger partial charge in [0.25, 0.3) is 5.71 Å². The highest BCUT2D eigenvalue weighted by Gasteiger charge is 2.15. The van der Waals surface area contributed by atoms with Crippen LogP contribution in [0.25, 0.3) is 27.2 Å². The number of hydrogen-bond acceptors (Lipinski definition) is 4. The molecular weight excluding hydrogens is 256 g/mol. The van der Waals surface area contributed by atoms with Gasteiger partial charge in [-0.2, -0.15) is 0 Å². The Kier molecular flexibility index (Phi) is 2.75. The molecule has 3 rings (SSSR count). The van der Waals surface area contributed by atoms with E-state index in [1.165, 1.54) is 4.88 Å². The lowest BCUT2D eigenvalue weighted by atomic mass is 10.0. The summed E-state index contributed by atoms with van der Waals surface area (Å²) in [4.78, 5) is 6.96. The molecule has 0 saturated heterocycles.